The van der Waals surface area contributed by atoms with Crippen LogP contribution in [0.3, 0.4) is 0 Å². The SMILES string of the molecule is CNCC1CCN(C(=O)C=Cc2ccc(C)cc2C)C1. The molecule has 20 heavy (non-hydrogen) atoms. The average molecular weight is 272 g/mol. The molecule has 1 heterocycles. The lowest BCUT2D eigenvalue weighted by atomic mass is 10.1. The second-order valence-electron chi connectivity index (χ2n) is 5.69. The molecule has 1 amide bonds. The van der Waals surface area contributed by atoms with Crippen LogP contribution in [-0.2, 0) is 4.79 Å². The van der Waals surface area contributed by atoms with E-state index in [4.69, 9.17) is 0 Å². The summed E-state index contributed by atoms with van der Waals surface area (Å²) in [6.45, 7) is 6.90. The Hall–Kier alpha value is -1.61. The third-order valence-electron chi connectivity index (χ3n) is 3.92. The molecule has 3 heteroatoms. The first-order valence-corrected chi connectivity index (χ1v) is 7.29. The zero-order valence-electron chi connectivity index (χ0n) is 12.6. The lowest BCUT2D eigenvalue weighted by Gasteiger charge is -2.14. The monoisotopic (exact) mass is 272 g/mol. The molecule has 1 aliphatic heterocycles. The van der Waals surface area contributed by atoms with Gasteiger partial charge < -0.3 is 10.2 Å². The summed E-state index contributed by atoms with van der Waals surface area (Å²) in [7, 11) is 1.96. The van der Waals surface area contributed by atoms with E-state index >= 15 is 0 Å². The summed E-state index contributed by atoms with van der Waals surface area (Å²) in [6.07, 6.45) is 4.74. The average Bonchev–Trinajstić information content (AvgIpc) is 2.86. The number of nitrogens with one attached hydrogen (secondary N) is 1. The zero-order chi connectivity index (χ0) is 14.5. The van der Waals surface area contributed by atoms with Crippen LogP contribution in [0.15, 0.2) is 24.3 Å². The van der Waals surface area contributed by atoms with E-state index in [0.717, 1.165) is 31.6 Å². The standard InChI is InChI=1S/C17H24N2O/c1-13-4-5-16(14(2)10-13)6-7-17(20)19-9-8-15(12-19)11-18-3/h4-7,10,15,18H,8-9,11-12H2,1-3H3. The quantitative estimate of drug-likeness (QED) is 0.854. The summed E-state index contributed by atoms with van der Waals surface area (Å²) in [5.41, 5.74) is 3.58. The van der Waals surface area contributed by atoms with Crippen molar-refractivity contribution >= 4 is 12.0 Å². The number of benzene rings is 1. The molecule has 108 valence electrons. The Labute approximate surface area is 121 Å². The van der Waals surface area contributed by atoms with Crippen LogP contribution >= 0.6 is 0 Å². The molecular formula is C17H24N2O. The van der Waals surface area contributed by atoms with Crippen molar-refractivity contribution in [1.82, 2.24) is 10.2 Å². The van der Waals surface area contributed by atoms with Gasteiger partial charge in [0.15, 0.2) is 0 Å². The van der Waals surface area contributed by atoms with Crippen molar-refractivity contribution in [3.8, 4) is 0 Å². The minimum Gasteiger partial charge on any atom is -0.339 e. The second-order valence-corrected chi connectivity index (χ2v) is 5.69. The smallest absolute Gasteiger partial charge is 0.246 e. The van der Waals surface area contributed by atoms with E-state index in [1.165, 1.54) is 11.1 Å². The van der Waals surface area contributed by atoms with Gasteiger partial charge in [-0.25, -0.2) is 0 Å². The Balaban J connectivity index is 1.96. The molecule has 0 saturated carbocycles. The Morgan fingerprint density at radius 1 is 1.45 bits per heavy atom. The topological polar surface area (TPSA) is 32.3 Å². The molecule has 1 aromatic carbocycles. The van der Waals surface area contributed by atoms with Crippen LogP contribution < -0.4 is 5.32 Å². The predicted octanol–water partition coefficient (Wildman–Crippen LogP) is 2.38. The molecule has 1 aromatic rings. The number of carbonyl (C=O) groups excluding carboxylic acids is 1. The summed E-state index contributed by atoms with van der Waals surface area (Å²) in [4.78, 5) is 14.1. The molecule has 1 saturated heterocycles. The second kappa shape index (κ2) is 6.71. The molecule has 1 aliphatic rings. The van der Waals surface area contributed by atoms with E-state index in [0.29, 0.717) is 5.92 Å². The fourth-order valence-electron chi connectivity index (χ4n) is 2.77. The highest BCUT2D eigenvalue weighted by atomic mass is 16.2. The molecule has 0 aromatic heterocycles. The maximum atomic E-state index is 12.2. The Bertz CT molecular complexity index is 508. The number of hydrogen-bond donors (Lipinski definition) is 1. The van der Waals surface area contributed by atoms with Gasteiger partial charge in [0.05, 0.1) is 0 Å². The van der Waals surface area contributed by atoms with Gasteiger partial charge in [-0.1, -0.05) is 23.8 Å². The number of carbonyl (C=O) groups is 1. The lowest BCUT2D eigenvalue weighted by molar-refractivity contribution is -0.125. The van der Waals surface area contributed by atoms with E-state index in [2.05, 4.69) is 37.4 Å². The summed E-state index contributed by atoms with van der Waals surface area (Å²) in [5, 5.41) is 3.18. The van der Waals surface area contributed by atoms with Crippen molar-refractivity contribution < 1.29 is 4.79 Å². The van der Waals surface area contributed by atoms with Gasteiger partial charge >= 0.3 is 0 Å². The van der Waals surface area contributed by atoms with E-state index in [-0.39, 0.29) is 5.91 Å². The minimum atomic E-state index is 0.128. The first-order valence-electron chi connectivity index (χ1n) is 7.29. The van der Waals surface area contributed by atoms with Crippen molar-refractivity contribution in [2.75, 3.05) is 26.7 Å². The maximum Gasteiger partial charge on any atom is 0.246 e. The van der Waals surface area contributed by atoms with E-state index < -0.39 is 0 Å². The zero-order valence-corrected chi connectivity index (χ0v) is 12.6. The normalized spacial score (nSPS) is 18.9. The molecule has 1 unspecified atom stereocenters. The molecule has 2 rings (SSSR count). The van der Waals surface area contributed by atoms with Crippen LogP contribution in [0.2, 0.25) is 0 Å². The predicted molar refractivity (Wildman–Crippen MR) is 83.6 cm³/mol. The van der Waals surface area contributed by atoms with Gasteiger partial charge in [0, 0.05) is 19.2 Å². The van der Waals surface area contributed by atoms with Crippen LogP contribution in [-0.4, -0.2) is 37.5 Å². The Kier molecular flexibility index (Phi) is 4.96. The number of amides is 1. The van der Waals surface area contributed by atoms with Gasteiger partial charge in [0.2, 0.25) is 5.91 Å². The lowest BCUT2D eigenvalue weighted by Crippen LogP contribution is -2.28. The molecule has 0 aliphatic carbocycles. The van der Waals surface area contributed by atoms with Crippen molar-refractivity contribution in [3.05, 3.63) is 41.0 Å². The molecule has 0 bridgehead atoms. The van der Waals surface area contributed by atoms with Gasteiger partial charge in [-0.3, -0.25) is 4.79 Å². The van der Waals surface area contributed by atoms with E-state index in [9.17, 15) is 4.79 Å². The molecule has 0 radical (unpaired) electrons. The maximum absolute atomic E-state index is 12.2. The van der Waals surface area contributed by atoms with Crippen molar-refractivity contribution in [2.24, 2.45) is 5.92 Å². The minimum absolute atomic E-state index is 0.128. The number of aryl methyl sites for hydroxylation is 2. The van der Waals surface area contributed by atoms with Gasteiger partial charge in [0.25, 0.3) is 0 Å². The fraction of sp³-hybridized carbons (Fsp3) is 0.471. The van der Waals surface area contributed by atoms with Crippen LogP contribution in [0.25, 0.3) is 6.08 Å². The molecule has 3 nitrogen and oxygen atoms in total. The Morgan fingerprint density at radius 3 is 2.95 bits per heavy atom. The molecule has 1 N–H and O–H groups in total. The summed E-state index contributed by atoms with van der Waals surface area (Å²) < 4.78 is 0. The largest absolute Gasteiger partial charge is 0.339 e. The summed E-state index contributed by atoms with van der Waals surface area (Å²) >= 11 is 0. The van der Waals surface area contributed by atoms with Crippen molar-refractivity contribution in [2.45, 2.75) is 20.3 Å². The molecule has 0 spiro atoms. The van der Waals surface area contributed by atoms with Gasteiger partial charge in [-0.2, -0.15) is 0 Å². The first-order chi connectivity index (χ1) is 9.60. The fourth-order valence-corrected chi connectivity index (χ4v) is 2.77. The van der Waals surface area contributed by atoms with Gasteiger partial charge in [-0.15, -0.1) is 0 Å². The molecule has 1 fully saturated rings. The van der Waals surface area contributed by atoms with Gasteiger partial charge in [-0.05, 0) is 57.0 Å². The van der Waals surface area contributed by atoms with E-state index in [1.54, 1.807) is 6.08 Å². The third-order valence-corrected chi connectivity index (χ3v) is 3.92. The molecular weight excluding hydrogens is 248 g/mol. The summed E-state index contributed by atoms with van der Waals surface area (Å²) in [6, 6.07) is 6.29. The van der Waals surface area contributed by atoms with E-state index in [1.807, 2.05) is 18.0 Å². The number of nitrogens with zero attached hydrogens (tertiary/aromatic N) is 1. The highest BCUT2D eigenvalue weighted by molar-refractivity contribution is 5.92. The van der Waals surface area contributed by atoms with Crippen LogP contribution in [0.5, 0.6) is 0 Å². The van der Waals surface area contributed by atoms with Crippen LogP contribution in [0.4, 0.5) is 0 Å². The Morgan fingerprint density at radius 2 is 2.25 bits per heavy atom. The van der Waals surface area contributed by atoms with Crippen LogP contribution in [0.1, 0.15) is 23.1 Å². The number of rotatable bonds is 4. The van der Waals surface area contributed by atoms with Gasteiger partial charge in [0.1, 0.15) is 0 Å². The highest BCUT2D eigenvalue weighted by Gasteiger charge is 2.24. The summed E-state index contributed by atoms with van der Waals surface area (Å²) in [5.74, 6) is 0.724. The number of hydrogen-bond acceptors (Lipinski definition) is 2. The van der Waals surface area contributed by atoms with Crippen molar-refractivity contribution in [1.29, 1.82) is 0 Å². The third kappa shape index (κ3) is 3.70. The van der Waals surface area contributed by atoms with Crippen molar-refractivity contribution in [3.63, 3.8) is 0 Å². The highest BCUT2D eigenvalue weighted by Crippen LogP contribution is 2.17. The number of likely N-dealkylation sites (tertiary alicyclic amines) is 1. The van der Waals surface area contributed by atoms with Crippen LogP contribution in [0, 0.1) is 19.8 Å². The first kappa shape index (κ1) is 14.8. The molecule has 1 atom stereocenters.